The summed E-state index contributed by atoms with van der Waals surface area (Å²) in [5, 5.41) is 2.36. The van der Waals surface area contributed by atoms with Crippen LogP contribution in [-0.4, -0.2) is 24.6 Å². The number of carbonyl (C=O) groups is 1. The molecule has 0 bridgehead atoms. The first-order valence-corrected chi connectivity index (χ1v) is 8.28. The quantitative estimate of drug-likeness (QED) is 0.441. The van der Waals surface area contributed by atoms with Gasteiger partial charge in [-0.25, -0.2) is 0 Å². The summed E-state index contributed by atoms with van der Waals surface area (Å²) in [7, 11) is 0. The second kappa shape index (κ2) is 9.73. The number of amides is 1. The molecule has 25 heavy (non-hydrogen) atoms. The molecule has 0 aliphatic rings. The van der Waals surface area contributed by atoms with Gasteiger partial charge in [-0.1, -0.05) is 38.3 Å². The lowest BCUT2D eigenvalue weighted by atomic mass is 10.0. The summed E-state index contributed by atoms with van der Waals surface area (Å²) in [6, 6.07) is 6.88. The Balaban J connectivity index is 2.35. The second-order valence-corrected chi connectivity index (χ2v) is 5.92. The topological polar surface area (TPSA) is 29.1 Å². The molecule has 0 atom stereocenters. The molecule has 1 N–H and O–H groups in total. The van der Waals surface area contributed by atoms with E-state index in [-0.39, 0.29) is 6.54 Å². The van der Waals surface area contributed by atoms with Crippen molar-refractivity contribution in [2.75, 3.05) is 6.54 Å². The highest BCUT2D eigenvalue weighted by atomic mass is 19.4. The number of rotatable bonds is 10. The van der Waals surface area contributed by atoms with Crippen molar-refractivity contribution >= 4 is 5.91 Å². The summed E-state index contributed by atoms with van der Waals surface area (Å²) in [5.41, 5.74) is 1.44. The second-order valence-electron chi connectivity index (χ2n) is 5.92. The van der Waals surface area contributed by atoms with E-state index < -0.39 is 30.8 Å². The van der Waals surface area contributed by atoms with Gasteiger partial charge in [-0.05, 0) is 37.0 Å². The van der Waals surface area contributed by atoms with Crippen molar-refractivity contribution in [1.82, 2.24) is 5.32 Å². The van der Waals surface area contributed by atoms with E-state index >= 15 is 0 Å². The molecule has 0 saturated heterocycles. The van der Waals surface area contributed by atoms with Crippen molar-refractivity contribution in [1.29, 1.82) is 0 Å². The Kier molecular flexibility index (Phi) is 8.32. The molecule has 1 rings (SSSR count). The molecule has 0 aromatic heterocycles. The fourth-order valence-electron chi connectivity index (χ4n) is 2.26. The van der Waals surface area contributed by atoms with Crippen LogP contribution in [0, 0.1) is 6.92 Å². The fraction of sp³-hybridized carbons (Fsp3) is 0.556. The van der Waals surface area contributed by atoms with Crippen molar-refractivity contribution in [3.05, 3.63) is 42.3 Å². The van der Waals surface area contributed by atoms with E-state index in [1.807, 2.05) is 12.1 Å². The van der Waals surface area contributed by atoms with Crippen LogP contribution in [0.4, 0.5) is 22.0 Å². The molecular formula is C18H23F5NO. The van der Waals surface area contributed by atoms with Gasteiger partial charge >= 0.3 is 12.1 Å². The van der Waals surface area contributed by atoms with E-state index in [0.717, 1.165) is 37.7 Å². The van der Waals surface area contributed by atoms with Crippen LogP contribution in [0.1, 0.15) is 54.4 Å². The predicted molar refractivity (Wildman–Crippen MR) is 86.5 cm³/mol. The predicted octanol–water partition coefficient (Wildman–Crippen LogP) is 5.33. The number of hydrogen-bond donors (Lipinski definition) is 1. The third-order valence-electron chi connectivity index (χ3n) is 3.80. The molecule has 1 aromatic carbocycles. The molecule has 0 heterocycles. The van der Waals surface area contributed by atoms with Crippen molar-refractivity contribution in [3.8, 4) is 0 Å². The lowest BCUT2D eigenvalue weighted by Gasteiger charge is -2.19. The van der Waals surface area contributed by atoms with Gasteiger partial charge in [0, 0.05) is 18.5 Å². The standard InChI is InChI=1S/C18H23F5NO/c1-2-3-4-5-7-14-8-10-15(11-9-14)16(25)24-13-6-12-17(19,20)18(21,22)23/h8-11H,1-7,12-13H2,(H,24,25). The van der Waals surface area contributed by atoms with E-state index in [1.165, 1.54) is 0 Å². The van der Waals surface area contributed by atoms with E-state index in [9.17, 15) is 26.7 Å². The number of benzene rings is 1. The minimum Gasteiger partial charge on any atom is -0.352 e. The Morgan fingerprint density at radius 3 is 2.16 bits per heavy atom. The zero-order chi connectivity index (χ0) is 18.9. The van der Waals surface area contributed by atoms with E-state index in [0.29, 0.717) is 5.56 Å². The Bertz CT molecular complexity index is 525. The summed E-state index contributed by atoms with van der Waals surface area (Å²) < 4.78 is 61.5. The van der Waals surface area contributed by atoms with Gasteiger partial charge in [0.15, 0.2) is 0 Å². The molecule has 1 amide bonds. The van der Waals surface area contributed by atoms with E-state index in [2.05, 4.69) is 12.2 Å². The van der Waals surface area contributed by atoms with Crippen molar-refractivity contribution < 1.29 is 26.7 Å². The number of nitrogens with one attached hydrogen (secondary N) is 1. The van der Waals surface area contributed by atoms with Crippen LogP contribution in [0.25, 0.3) is 0 Å². The molecule has 0 fully saturated rings. The molecular weight excluding hydrogens is 341 g/mol. The van der Waals surface area contributed by atoms with Crippen LogP contribution < -0.4 is 5.32 Å². The fourth-order valence-corrected chi connectivity index (χ4v) is 2.26. The maximum Gasteiger partial charge on any atom is 0.453 e. The van der Waals surface area contributed by atoms with Gasteiger partial charge < -0.3 is 5.32 Å². The molecule has 0 spiro atoms. The largest absolute Gasteiger partial charge is 0.453 e. The summed E-state index contributed by atoms with van der Waals surface area (Å²) in [6.45, 7) is 3.54. The normalized spacial score (nSPS) is 12.2. The zero-order valence-corrected chi connectivity index (χ0v) is 14.0. The van der Waals surface area contributed by atoms with Crippen molar-refractivity contribution in [2.24, 2.45) is 0 Å². The highest BCUT2D eigenvalue weighted by Crippen LogP contribution is 2.38. The van der Waals surface area contributed by atoms with Gasteiger partial charge in [0.05, 0.1) is 0 Å². The highest BCUT2D eigenvalue weighted by Gasteiger charge is 2.56. The lowest BCUT2D eigenvalue weighted by molar-refractivity contribution is -0.284. The van der Waals surface area contributed by atoms with Crippen LogP contribution >= 0.6 is 0 Å². The monoisotopic (exact) mass is 364 g/mol. The number of alkyl halides is 5. The number of aryl methyl sites for hydroxylation is 1. The average Bonchev–Trinajstić information content (AvgIpc) is 2.55. The molecule has 0 saturated carbocycles. The summed E-state index contributed by atoms with van der Waals surface area (Å²) in [5.74, 6) is -5.22. The molecule has 2 nitrogen and oxygen atoms in total. The van der Waals surface area contributed by atoms with Gasteiger partial charge in [0.25, 0.3) is 5.91 Å². The first-order valence-electron chi connectivity index (χ1n) is 8.28. The molecule has 7 heteroatoms. The van der Waals surface area contributed by atoms with Crippen molar-refractivity contribution in [3.63, 3.8) is 0 Å². The van der Waals surface area contributed by atoms with Crippen LogP contribution in [-0.2, 0) is 6.42 Å². The smallest absolute Gasteiger partial charge is 0.352 e. The Labute approximate surface area is 144 Å². The van der Waals surface area contributed by atoms with Gasteiger partial charge in [0.1, 0.15) is 0 Å². The van der Waals surface area contributed by atoms with Gasteiger partial charge in [-0.2, -0.15) is 22.0 Å². The number of halogens is 5. The minimum atomic E-state index is -5.56. The SMILES string of the molecule is [CH2]CCCCCc1ccc(C(=O)NCCCC(F)(F)C(F)(F)F)cc1. The molecule has 141 valence electrons. The van der Waals surface area contributed by atoms with Gasteiger partial charge in [-0.15, -0.1) is 0 Å². The summed E-state index contributed by atoms with van der Waals surface area (Å²) >= 11 is 0. The van der Waals surface area contributed by atoms with Crippen LogP contribution in [0.5, 0.6) is 0 Å². The summed E-state index contributed by atoms with van der Waals surface area (Å²) in [4.78, 5) is 11.8. The maximum absolute atomic E-state index is 12.7. The minimum absolute atomic E-state index is 0.239. The zero-order valence-electron chi connectivity index (χ0n) is 14.0. The molecule has 0 aliphatic heterocycles. The first kappa shape index (κ1) is 21.4. The molecule has 1 radical (unpaired) electrons. The van der Waals surface area contributed by atoms with Gasteiger partial charge in [-0.3, -0.25) is 4.79 Å². The number of unbranched alkanes of at least 4 members (excludes halogenated alkanes) is 3. The molecule has 1 aromatic rings. The number of carbonyl (C=O) groups excluding carboxylic acids is 1. The van der Waals surface area contributed by atoms with E-state index in [1.54, 1.807) is 12.1 Å². The summed E-state index contributed by atoms with van der Waals surface area (Å²) in [6.07, 6.45) is -2.34. The van der Waals surface area contributed by atoms with Gasteiger partial charge in [0.2, 0.25) is 0 Å². The van der Waals surface area contributed by atoms with E-state index in [4.69, 9.17) is 0 Å². The third-order valence-corrected chi connectivity index (χ3v) is 3.80. The van der Waals surface area contributed by atoms with Crippen molar-refractivity contribution in [2.45, 2.75) is 57.0 Å². The lowest BCUT2D eigenvalue weighted by Crippen LogP contribution is -2.37. The van der Waals surface area contributed by atoms with Crippen LogP contribution in [0.15, 0.2) is 24.3 Å². The average molecular weight is 364 g/mol. The van der Waals surface area contributed by atoms with Crippen LogP contribution in [0.2, 0.25) is 0 Å². The third kappa shape index (κ3) is 7.40. The Morgan fingerprint density at radius 2 is 1.60 bits per heavy atom. The first-order chi connectivity index (χ1) is 11.7. The maximum atomic E-state index is 12.7. The van der Waals surface area contributed by atoms with Crippen LogP contribution in [0.3, 0.4) is 0 Å². The Hall–Kier alpha value is -1.66. The molecule has 0 unspecified atom stereocenters. The highest BCUT2D eigenvalue weighted by molar-refractivity contribution is 5.94. The Morgan fingerprint density at radius 1 is 0.960 bits per heavy atom. The number of hydrogen-bond acceptors (Lipinski definition) is 1. The molecule has 0 aliphatic carbocycles.